The summed E-state index contributed by atoms with van der Waals surface area (Å²) in [6.07, 6.45) is 11.2. The third kappa shape index (κ3) is 6.53. The van der Waals surface area contributed by atoms with Crippen LogP contribution in [0.25, 0.3) is 0 Å². The highest BCUT2D eigenvalue weighted by Crippen LogP contribution is 2.45. The summed E-state index contributed by atoms with van der Waals surface area (Å²) in [5, 5.41) is 0. The first kappa shape index (κ1) is 25.1. The van der Waals surface area contributed by atoms with Crippen LogP contribution in [0.3, 0.4) is 0 Å². The van der Waals surface area contributed by atoms with Crippen LogP contribution < -0.4 is 9.47 Å². The van der Waals surface area contributed by atoms with Gasteiger partial charge in [-0.2, -0.15) is 0 Å². The van der Waals surface area contributed by atoms with Crippen LogP contribution in [0.15, 0.2) is 53.6 Å². The van der Waals surface area contributed by atoms with E-state index in [0.717, 1.165) is 50.0 Å². The topological polar surface area (TPSA) is 18.5 Å². The molecule has 0 N–H and O–H groups in total. The minimum Gasteiger partial charge on any atom is -0.488 e. The van der Waals surface area contributed by atoms with Gasteiger partial charge in [0.2, 0.25) is 0 Å². The average Bonchev–Trinajstić information content (AvgIpc) is 2.78. The molecule has 0 amide bonds. The van der Waals surface area contributed by atoms with Crippen LogP contribution in [0.5, 0.6) is 11.5 Å². The summed E-state index contributed by atoms with van der Waals surface area (Å²) in [5.41, 5.74) is 8.95. The smallest absolute Gasteiger partial charge is 0.127 e. The monoisotopic (exact) mass is 446 g/mol. The number of rotatable bonds is 9. The van der Waals surface area contributed by atoms with Crippen molar-refractivity contribution < 1.29 is 9.47 Å². The maximum absolute atomic E-state index is 6.73. The number of fused-ring (bicyclic) bond motifs is 1. The Morgan fingerprint density at radius 2 is 1.70 bits per heavy atom. The third-order valence-corrected chi connectivity index (χ3v) is 7.05. The molecule has 0 aromatic heterocycles. The molecule has 0 bridgehead atoms. The van der Waals surface area contributed by atoms with Crippen LogP contribution >= 0.6 is 0 Å². The van der Waals surface area contributed by atoms with Crippen LogP contribution in [0.1, 0.15) is 87.6 Å². The van der Waals surface area contributed by atoms with E-state index >= 15 is 0 Å². The number of allylic oxidation sites excluding steroid dienone is 4. The van der Waals surface area contributed by atoms with Crippen LogP contribution in [0.4, 0.5) is 0 Å². The van der Waals surface area contributed by atoms with Gasteiger partial charge in [-0.05, 0) is 109 Å². The third-order valence-electron chi connectivity index (χ3n) is 7.05. The zero-order chi connectivity index (χ0) is 24.0. The fraction of sp³-hybridized carbons (Fsp3) is 0.484. The SMILES string of the molecule is CC(C)=CCC/C(C)=C/CC[C@]1(C)CCc2c(C)c(OCc3ccccc3)c(C)c(C)c2O1. The Hall–Kier alpha value is -2.48. The fourth-order valence-corrected chi connectivity index (χ4v) is 4.72. The zero-order valence-corrected chi connectivity index (χ0v) is 21.8. The minimum atomic E-state index is -0.111. The predicted octanol–water partition coefficient (Wildman–Crippen LogP) is 8.75. The van der Waals surface area contributed by atoms with Gasteiger partial charge in [-0.25, -0.2) is 0 Å². The lowest BCUT2D eigenvalue weighted by atomic mass is 9.85. The summed E-state index contributed by atoms with van der Waals surface area (Å²) >= 11 is 0. The van der Waals surface area contributed by atoms with Crippen LogP contribution in [0, 0.1) is 20.8 Å². The summed E-state index contributed by atoms with van der Waals surface area (Å²) < 4.78 is 13.1. The van der Waals surface area contributed by atoms with Gasteiger partial charge in [-0.1, -0.05) is 53.6 Å². The van der Waals surface area contributed by atoms with Crippen molar-refractivity contribution in [2.45, 2.75) is 99.2 Å². The molecular weight excluding hydrogens is 404 g/mol. The van der Waals surface area contributed by atoms with Crippen LogP contribution in [-0.4, -0.2) is 5.60 Å². The zero-order valence-electron chi connectivity index (χ0n) is 21.8. The number of hydrogen-bond acceptors (Lipinski definition) is 2. The van der Waals surface area contributed by atoms with Crippen LogP contribution in [-0.2, 0) is 13.0 Å². The normalized spacial score (nSPS) is 17.8. The van der Waals surface area contributed by atoms with Gasteiger partial charge in [0.25, 0.3) is 0 Å². The van der Waals surface area contributed by atoms with E-state index in [9.17, 15) is 0 Å². The van der Waals surface area contributed by atoms with E-state index in [1.807, 2.05) is 6.07 Å². The molecule has 3 rings (SSSR count). The lowest BCUT2D eigenvalue weighted by molar-refractivity contribution is 0.0557. The van der Waals surface area contributed by atoms with Gasteiger partial charge in [0, 0.05) is 5.56 Å². The van der Waals surface area contributed by atoms with Gasteiger partial charge in [0.1, 0.15) is 23.7 Å². The second-order valence-corrected chi connectivity index (χ2v) is 10.2. The van der Waals surface area contributed by atoms with Gasteiger partial charge in [0.15, 0.2) is 0 Å². The van der Waals surface area contributed by atoms with Crippen molar-refractivity contribution in [1.29, 1.82) is 0 Å². The van der Waals surface area contributed by atoms with E-state index in [1.165, 1.54) is 39.0 Å². The molecule has 0 spiro atoms. The Labute approximate surface area is 201 Å². The van der Waals surface area contributed by atoms with Crippen molar-refractivity contribution in [3.05, 3.63) is 81.4 Å². The number of hydrogen-bond donors (Lipinski definition) is 0. The summed E-state index contributed by atoms with van der Waals surface area (Å²) in [5.74, 6) is 2.12. The van der Waals surface area contributed by atoms with E-state index in [0.29, 0.717) is 6.61 Å². The molecule has 1 heterocycles. The molecule has 1 aliphatic rings. The standard InChI is InChI=1S/C31H42O2/c1-22(2)13-11-14-23(3)15-12-19-31(7)20-18-28-26(6)29(24(4)25(5)30(28)33-31)32-21-27-16-9-8-10-17-27/h8-10,13,15-17H,11-12,14,18-21H2,1-7H3/b23-15+/t31-/m1/s1. The van der Waals surface area contributed by atoms with Crippen molar-refractivity contribution in [3.8, 4) is 11.5 Å². The highest BCUT2D eigenvalue weighted by molar-refractivity contribution is 5.59. The largest absolute Gasteiger partial charge is 0.488 e. The Morgan fingerprint density at radius 1 is 0.970 bits per heavy atom. The molecule has 0 fully saturated rings. The summed E-state index contributed by atoms with van der Waals surface area (Å²) in [6, 6.07) is 10.4. The molecule has 0 saturated heterocycles. The van der Waals surface area contributed by atoms with Crippen molar-refractivity contribution in [1.82, 2.24) is 0 Å². The molecule has 1 atom stereocenters. The minimum absolute atomic E-state index is 0.111. The Morgan fingerprint density at radius 3 is 2.39 bits per heavy atom. The van der Waals surface area contributed by atoms with E-state index in [-0.39, 0.29) is 5.60 Å². The lowest BCUT2D eigenvalue weighted by Gasteiger charge is -2.38. The molecule has 33 heavy (non-hydrogen) atoms. The maximum Gasteiger partial charge on any atom is 0.127 e. The first-order chi connectivity index (χ1) is 15.7. The first-order valence-corrected chi connectivity index (χ1v) is 12.5. The average molecular weight is 447 g/mol. The summed E-state index contributed by atoms with van der Waals surface area (Å²) in [4.78, 5) is 0. The highest BCUT2D eigenvalue weighted by Gasteiger charge is 2.34. The van der Waals surface area contributed by atoms with Crippen LogP contribution in [0.2, 0.25) is 0 Å². The number of ether oxygens (including phenoxy) is 2. The van der Waals surface area contributed by atoms with Crippen molar-refractivity contribution in [2.24, 2.45) is 0 Å². The van der Waals surface area contributed by atoms with Gasteiger partial charge < -0.3 is 9.47 Å². The molecule has 2 aromatic rings. The molecule has 0 saturated carbocycles. The Balaban J connectivity index is 1.69. The molecule has 2 heteroatoms. The molecule has 2 nitrogen and oxygen atoms in total. The van der Waals surface area contributed by atoms with E-state index in [2.05, 4.69) is 84.9 Å². The van der Waals surface area contributed by atoms with E-state index in [1.54, 1.807) is 0 Å². The molecule has 178 valence electrons. The quantitative estimate of drug-likeness (QED) is 0.358. The molecular formula is C31H42O2. The van der Waals surface area contributed by atoms with Crippen molar-refractivity contribution >= 4 is 0 Å². The molecule has 1 aliphatic heterocycles. The lowest BCUT2D eigenvalue weighted by Crippen LogP contribution is -2.37. The molecule has 0 unspecified atom stereocenters. The predicted molar refractivity (Wildman–Crippen MR) is 140 cm³/mol. The number of benzene rings is 2. The molecule has 0 radical (unpaired) electrons. The second-order valence-electron chi connectivity index (χ2n) is 10.2. The van der Waals surface area contributed by atoms with Gasteiger partial charge >= 0.3 is 0 Å². The Bertz CT molecular complexity index is 1010. The maximum atomic E-state index is 6.73. The fourth-order valence-electron chi connectivity index (χ4n) is 4.72. The second kappa shape index (κ2) is 11.1. The summed E-state index contributed by atoms with van der Waals surface area (Å²) in [6.45, 7) is 16.0. The van der Waals surface area contributed by atoms with E-state index < -0.39 is 0 Å². The Kier molecular flexibility index (Phi) is 8.46. The van der Waals surface area contributed by atoms with E-state index in [4.69, 9.17) is 9.47 Å². The molecule has 2 aromatic carbocycles. The van der Waals surface area contributed by atoms with Gasteiger partial charge in [-0.15, -0.1) is 0 Å². The first-order valence-electron chi connectivity index (χ1n) is 12.5. The highest BCUT2D eigenvalue weighted by atomic mass is 16.5. The molecule has 0 aliphatic carbocycles. The van der Waals surface area contributed by atoms with Crippen molar-refractivity contribution in [2.75, 3.05) is 0 Å². The van der Waals surface area contributed by atoms with Gasteiger partial charge in [-0.3, -0.25) is 0 Å². The van der Waals surface area contributed by atoms with Crippen molar-refractivity contribution in [3.63, 3.8) is 0 Å². The summed E-state index contributed by atoms with van der Waals surface area (Å²) in [7, 11) is 0. The van der Waals surface area contributed by atoms with Gasteiger partial charge in [0.05, 0.1) is 0 Å².